The molecule has 4 heteroatoms. The molecule has 0 fully saturated rings. The Morgan fingerprint density at radius 2 is 1.69 bits per heavy atom. The van der Waals surface area contributed by atoms with E-state index in [0.717, 1.165) is 22.1 Å². The lowest BCUT2D eigenvalue weighted by atomic mass is 10.1. The topological polar surface area (TPSA) is 47.6 Å². The second-order valence-electron chi connectivity index (χ2n) is 6.20. The van der Waals surface area contributed by atoms with E-state index in [0.29, 0.717) is 24.5 Å². The monoisotopic (exact) mass is 349 g/mol. The molecule has 0 aliphatic carbocycles. The van der Waals surface area contributed by atoms with Crippen molar-refractivity contribution in [2.75, 3.05) is 20.3 Å². The van der Waals surface area contributed by atoms with Gasteiger partial charge < -0.3 is 14.8 Å². The highest BCUT2D eigenvalue weighted by atomic mass is 16.5. The van der Waals surface area contributed by atoms with Crippen molar-refractivity contribution in [1.29, 1.82) is 0 Å². The van der Waals surface area contributed by atoms with Gasteiger partial charge in [0, 0.05) is 0 Å². The Kier molecular flexibility index (Phi) is 5.42. The minimum Gasteiger partial charge on any atom is -0.496 e. The first-order valence-corrected chi connectivity index (χ1v) is 8.64. The SMILES string of the molecule is COc1cc2ccccc2cc1C(=O)NCCOc1cccc(C)c1C. The predicted molar refractivity (Wildman–Crippen MR) is 104 cm³/mol. The molecule has 1 amide bonds. The number of aryl methyl sites for hydroxylation is 1. The summed E-state index contributed by atoms with van der Waals surface area (Å²) >= 11 is 0. The average molecular weight is 349 g/mol. The van der Waals surface area contributed by atoms with E-state index in [-0.39, 0.29) is 5.91 Å². The van der Waals surface area contributed by atoms with Crippen molar-refractivity contribution in [3.63, 3.8) is 0 Å². The molecule has 0 aliphatic heterocycles. The Labute approximate surface area is 153 Å². The molecule has 1 N–H and O–H groups in total. The quantitative estimate of drug-likeness (QED) is 0.676. The highest BCUT2D eigenvalue weighted by molar-refractivity contribution is 6.01. The van der Waals surface area contributed by atoms with Crippen molar-refractivity contribution in [2.24, 2.45) is 0 Å². The summed E-state index contributed by atoms with van der Waals surface area (Å²) in [7, 11) is 1.57. The van der Waals surface area contributed by atoms with Crippen LogP contribution in [-0.2, 0) is 0 Å². The number of methoxy groups -OCH3 is 1. The summed E-state index contributed by atoms with van der Waals surface area (Å²) in [5, 5.41) is 4.94. The van der Waals surface area contributed by atoms with Gasteiger partial charge in [-0.25, -0.2) is 0 Å². The van der Waals surface area contributed by atoms with Crippen molar-refractivity contribution >= 4 is 16.7 Å². The van der Waals surface area contributed by atoms with Crippen molar-refractivity contribution in [3.8, 4) is 11.5 Å². The van der Waals surface area contributed by atoms with E-state index in [1.807, 2.05) is 55.5 Å². The molecule has 0 heterocycles. The maximum atomic E-state index is 12.6. The van der Waals surface area contributed by atoms with Gasteiger partial charge in [-0.3, -0.25) is 4.79 Å². The molecule has 0 saturated heterocycles. The smallest absolute Gasteiger partial charge is 0.255 e. The Morgan fingerprint density at radius 1 is 0.962 bits per heavy atom. The zero-order chi connectivity index (χ0) is 18.5. The van der Waals surface area contributed by atoms with Crippen LogP contribution in [0.2, 0.25) is 0 Å². The molecule has 26 heavy (non-hydrogen) atoms. The molecule has 3 aromatic carbocycles. The van der Waals surface area contributed by atoms with Crippen LogP contribution in [-0.4, -0.2) is 26.2 Å². The third-order valence-electron chi connectivity index (χ3n) is 4.51. The molecule has 0 aliphatic rings. The van der Waals surface area contributed by atoms with Gasteiger partial charge in [0.2, 0.25) is 0 Å². The van der Waals surface area contributed by atoms with Crippen molar-refractivity contribution in [1.82, 2.24) is 5.32 Å². The van der Waals surface area contributed by atoms with E-state index in [4.69, 9.17) is 9.47 Å². The van der Waals surface area contributed by atoms with Crippen LogP contribution in [0.3, 0.4) is 0 Å². The molecule has 4 nitrogen and oxygen atoms in total. The largest absolute Gasteiger partial charge is 0.496 e. The molecule has 134 valence electrons. The summed E-state index contributed by atoms with van der Waals surface area (Å²) < 4.78 is 11.2. The van der Waals surface area contributed by atoms with Crippen molar-refractivity contribution in [2.45, 2.75) is 13.8 Å². The van der Waals surface area contributed by atoms with Crippen LogP contribution in [0.25, 0.3) is 10.8 Å². The van der Waals surface area contributed by atoms with E-state index in [1.54, 1.807) is 7.11 Å². The minimum atomic E-state index is -0.169. The van der Waals surface area contributed by atoms with Gasteiger partial charge in [-0.1, -0.05) is 36.4 Å². The fourth-order valence-corrected chi connectivity index (χ4v) is 2.87. The Bertz CT molecular complexity index is 934. The second-order valence-corrected chi connectivity index (χ2v) is 6.20. The Hall–Kier alpha value is -3.01. The average Bonchev–Trinajstić information content (AvgIpc) is 2.67. The van der Waals surface area contributed by atoms with E-state index >= 15 is 0 Å². The maximum Gasteiger partial charge on any atom is 0.255 e. The number of hydrogen-bond donors (Lipinski definition) is 1. The van der Waals surface area contributed by atoms with Crippen molar-refractivity contribution < 1.29 is 14.3 Å². The lowest BCUT2D eigenvalue weighted by Gasteiger charge is -2.13. The van der Waals surface area contributed by atoms with Gasteiger partial charge in [0.25, 0.3) is 5.91 Å². The van der Waals surface area contributed by atoms with Gasteiger partial charge in [-0.15, -0.1) is 0 Å². The highest BCUT2D eigenvalue weighted by Gasteiger charge is 2.13. The summed E-state index contributed by atoms with van der Waals surface area (Å²) in [4.78, 5) is 12.6. The van der Waals surface area contributed by atoms with E-state index in [9.17, 15) is 4.79 Å². The number of benzene rings is 3. The molecule has 0 spiro atoms. The minimum absolute atomic E-state index is 0.169. The standard InChI is InChI=1S/C22H23NO3/c1-15-7-6-10-20(16(15)2)26-12-11-23-22(24)19-13-17-8-4-5-9-18(17)14-21(19)25-3/h4-10,13-14H,11-12H2,1-3H3,(H,23,24). The van der Waals surface area contributed by atoms with Crippen LogP contribution < -0.4 is 14.8 Å². The normalized spacial score (nSPS) is 10.6. The number of carbonyl (C=O) groups excluding carboxylic acids is 1. The maximum absolute atomic E-state index is 12.6. The lowest BCUT2D eigenvalue weighted by molar-refractivity contribution is 0.0944. The molecule has 0 aromatic heterocycles. The number of amides is 1. The van der Waals surface area contributed by atoms with E-state index in [1.165, 1.54) is 5.56 Å². The summed E-state index contributed by atoms with van der Waals surface area (Å²) in [5.41, 5.74) is 2.83. The summed E-state index contributed by atoms with van der Waals surface area (Å²) in [6.07, 6.45) is 0. The first kappa shape index (κ1) is 17.8. The Morgan fingerprint density at radius 3 is 2.42 bits per heavy atom. The highest BCUT2D eigenvalue weighted by Crippen LogP contribution is 2.26. The second kappa shape index (κ2) is 7.91. The predicted octanol–water partition coefficient (Wildman–Crippen LogP) is 4.27. The van der Waals surface area contributed by atoms with Crippen LogP contribution in [0.1, 0.15) is 21.5 Å². The Balaban J connectivity index is 1.65. The number of ether oxygens (including phenoxy) is 2. The number of fused-ring (bicyclic) bond motifs is 1. The van der Waals surface area contributed by atoms with Crippen LogP contribution in [0.15, 0.2) is 54.6 Å². The molecule has 0 bridgehead atoms. The molecular formula is C22H23NO3. The number of carbonyl (C=O) groups is 1. The van der Waals surface area contributed by atoms with E-state index in [2.05, 4.69) is 18.3 Å². The van der Waals surface area contributed by atoms with Gasteiger partial charge in [0.15, 0.2) is 0 Å². The van der Waals surface area contributed by atoms with E-state index < -0.39 is 0 Å². The van der Waals surface area contributed by atoms with Gasteiger partial charge in [-0.05, 0) is 53.9 Å². The van der Waals surface area contributed by atoms with Gasteiger partial charge in [-0.2, -0.15) is 0 Å². The molecule has 3 aromatic rings. The number of nitrogens with one attached hydrogen (secondary N) is 1. The van der Waals surface area contributed by atoms with Gasteiger partial charge >= 0.3 is 0 Å². The van der Waals surface area contributed by atoms with Crippen LogP contribution in [0, 0.1) is 13.8 Å². The summed E-state index contributed by atoms with van der Waals surface area (Å²) in [6, 6.07) is 17.6. The fraction of sp³-hybridized carbons (Fsp3) is 0.227. The van der Waals surface area contributed by atoms with Crippen LogP contribution in [0.5, 0.6) is 11.5 Å². The summed E-state index contributed by atoms with van der Waals surface area (Å²) in [5.74, 6) is 1.25. The third kappa shape index (κ3) is 3.80. The first-order valence-electron chi connectivity index (χ1n) is 8.64. The van der Waals surface area contributed by atoms with Gasteiger partial charge in [0.05, 0.1) is 19.2 Å². The van der Waals surface area contributed by atoms with Crippen LogP contribution >= 0.6 is 0 Å². The first-order chi connectivity index (χ1) is 12.6. The molecule has 0 radical (unpaired) electrons. The molecular weight excluding hydrogens is 326 g/mol. The number of rotatable bonds is 6. The third-order valence-corrected chi connectivity index (χ3v) is 4.51. The summed E-state index contributed by atoms with van der Waals surface area (Å²) in [6.45, 7) is 4.91. The number of hydrogen-bond acceptors (Lipinski definition) is 3. The van der Waals surface area contributed by atoms with Crippen molar-refractivity contribution in [3.05, 3.63) is 71.3 Å². The molecule has 0 saturated carbocycles. The zero-order valence-corrected chi connectivity index (χ0v) is 15.3. The van der Waals surface area contributed by atoms with Gasteiger partial charge in [0.1, 0.15) is 18.1 Å². The molecule has 0 unspecified atom stereocenters. The van der Waals surface area contributed by atoms with Crippen LogP contribution in [0.4, 0.5) is 0 Å². The molecule has 3 rings (SSSR count). The molecule has 0 atom stereocenters. The fourth-order valence-electron chi connectivity index (χ4n) is 2.87. The zero-order valence-electron chi connectivity index (χ0n) is 15.3. The lowest BCUT2D eigenvalue weighted by Crippen LogP contribution is -2.28.